The van der Waals surface area contributed by atoms with Gasteiger partial charge in [-0.05, 0) is 19.9 Å². The molecule has 0 nitrogen and oxygen atoms in total. The molecule has 0 spiro atoms. The molecule has 0 saturated carbocycles. The van der Waals surface area contributed by atoms with Gasteiger partial charge < -0.3 is 0 Å². The van der Waals surface area contributed by atoms with Gasteiger partial charge in [0.25, 0.3) is 0 Å². The van der Waals surface area contributed by atoms with Crippen molar-refractivity contribution in [1.82, 2.24) is 0 Å². The largest absolute Gasteiger partial charge is 0.398 e. The third-order valence-corrected chi connectivity index (χ3v) is 2.26. The summed E-state index contributed by atoms with van der Waals surface area (Å²) < 4.78 is 50.7. The lowest BCUT2D eigenvalue weighted by molar-refractivity contribution is -0.180. The molecule has 0 aliphatic heterocycles. The highest BCUT2D eigenvalue weighted by molar-refractivity contribution is 5.27. The molecule has 0 heterocycles. The van der Waals surface area contributed by atoms with E-state index in [0.717, 1.165) is 26.0 Å². The average Bonchev–Trinajstić information content (AvgIpc) is 2.02. The molecule has 1 rings (SSSR count). The fourth-order valence-electron chi connectivity index (χ4n) is 1.12. The predicted octanol–water partition coefficient (Wildman–Crippen LogP) is 3.67. The highest BCUT2D eigenvalue weighted by atomic mass is 19.4. The van der Waals surface area contributed by atoms with E-state index in [-0.39, 0.29) is 5.56 Å². The molecule has 0 aliphatic carbocycles. The Morgan fingerprint density at radius 3 is 1.93 bits per heavy atom. The minimum Gasteiger partial charge on any atom is -0.207 e. The summed E-state index contributed by atoms with van der Waals surface area (Å²) in [6.45, 7) is 1.93. The van der Waals surface area contributed by atoms with E-state index < -0.39 is 17.4 Å². The minimum absolute atomic E-state index is 0.326. The highest BCUT2D eigenvalue weighted by Crippen LogP contribution is 2.41. The molecule has 0 amide bonds. The first kappa shape index (κ1) is 11.0. The summed E-state index contributed by atoms with van der Waals surface area (Å²) in [6.07, 6.45) is -4.45. The number of rotatable bonds is 1. The molecule has 78 valence electrons. The van der Waals surface area contributed by atoms with E-state index in [2.05, 4.69) is 0 Å². The molecule has 0 saturated heterocycles. The average molecular weight is 206 g/mol. The first-order chi connectivity index (χ1) is 6.27. The zero-order valence-electron chi connectivity index (χ0n) is 7.82. The Balaban J connectivity index is 3.23. The van der Waals surface area contributed by atoms with Crippen molar-refractivity contribution >= 4 is 0 Å². The molecule has 0 unspecified atom stereocenters. The van der Waals surface area contributed by atoms with Gasteiger partial charge >= 0.3 is 6.18 Å². The number of hydrogen-bond donors (Lipinski definition) is 0. The van der Waals surface area contributed by atoms with Crippen molar-refractivity contribution in [2.24, 2.45) is 0 Å². The summed E-state index contributed by atoms with van der Waals surface area (Å²) >= 11 is 0. The van der Waals surface area contributed by atoms with E-state index in [0.29, 0.717) is 0 Å². The Hall–Kier alpha value is -1.06. The fourth-order valence-corrected chi connectivity index (χ4v) is 1.12. The van der Waals surface area contributed by atoms with Crippen LogP contribution in [0.25, 0.3) is 0 Å². The highest BCUT2D eigenvalue weighted by Gasteiger charge is 2.49. The standard InChI is InChI=1S/C10H10F4/c1-9(2,10(12,13)14)7-5-3-4-6-8(7)11/h3-6H,1-2H3. The molecule has 4 heteroatoms. The second-order valence-electron chi connectivity index (χ2n) is 3.60. The summed E-state index contributed by atoms with van der Waals surface area (Å²) in [5.41, 5.74) is -2.48. The molecule has 0 radical (unpaired) electrons. The van der Waals surface area contributed by atoms with E-state index in [4.69, 9.17) is 0 Å². The molecule has 1 aromatic carbocycles. The zero-order valence-corrected chi connectivity index (χ0v) is 7.82. The van der Waals surface area contributed by atoms with Gasteiger partial charge in [-0.25, -0.2) is 4.39 Å². The number of halogens is 4. The van der Waals surface area contributed by atoms with Crippen molar-refractivity contribution in [3.05, 3.63) is 35.6 Å². The van der Waals surface area contributed by atoms with Gasteiger partial charge in [0, 0.05) is 5.56 Å². The molecule has 0 bridgehead atoms. The van der Waals surface area contributed by atoms with Gasteiger partial charge in [0.1, 0.15) is 5.82 Å². The molecule has 0 atom stereocenters. The number of hydrogen-bond acceptors (Lipinski definition) is 0. The molecular weight excluding hydrogens is 196 g/mol. The van der Waals surface area contributed by atoms with E-state index in [9.17, 15) is 17.6 Å². The van der Waals surface area contributed by atoms with Crippen LogP contribution in [0.4, 0.5) is 17.6 Å². The number of benzene rings is 1. The van der Waals surface area contributed by atoms with Crippen LogP contribution < -0.4 is 0 Å². The zero-order chi connectivity index (χ0) is 11.0. The van der Waals surface area contributed by atoms with E-state index in [1.165, 1.54) is 12.1 Å². The van der Waals surface area contributed by atoms with Gasteiger partial charge in [0.15, 0.2) is 0 Å². The predicted molar refractivity (Wildman–Crippen MR) is 45.5 cm³/mol. The Kier molecular flexibility index (Phi) is 2.56. The molecule has 0 aliphatic rings. The van der Waals surface area contributed by atoms with Gasteiger partial charge in [-0.3, -0.25) is 0 Å². The second-order valence-corrected chi connectivity index (χ2v) is 3.60. The first-order valence-corrected chi connectivity index (χ1v) is 4.08. The smallest absolute Gasteiger partial charge is 0.207 e. The van der Waals surface area contributed by atoms with Crippen molar-refractivity contribution in [2.45, 2.75) is 25.4 Å². The Labute approximate surface area is 79.6 Å². The molecule has 0 N–H and O–H groups in total. The third kappa shape index (κ3) is 1.74. The Morgan fingerprint density at radius 2 is 1.50 bits per heavy atom. The summed E-state index contributed by atoms with van der Waals surface area (Å²) in [7, 11) is 0. The van der Waals surface area contributed by atoms with Crippen LogP contribution in [0.2, 0.25) is 0 Å². The van der Waals surface area contributed by atoms with Gasteiger partial charge in [-0.1, -0.05) is 18.2 Å². The summed E-state index contributed by atoms with van der Waals surface area (Å²) in [5, 5.41) is 0. The molecule has 1 aromatic rings. The van der Waals surface area contributed by atoms with E-state index in [1.54, 1.807) is 0 Å². The van der Waals surface area contributed by atoms with Gasteiger partial charge in [0.2, 0.25) is 0 Å². The van der Waals surface area contributed by atoms with Crippen LogP contribution in [0.5, 0.6) is 0 Å². The summed E-state index contributed by atoms with van der Waals surface area (Å²) in [5.74, 6) is -0.824. The van der Waals surface area contributed by atoms with Gasteiger partial charge in [0.05, 0.1) is 5.41 Å². The van der Waals surface area contributed by atoms with Crippen molar-refractivity contribution < 1.29 is 17.6 Å². The lowest BCUT2D eigenvalue weighted by atomic mass is 9.83. The monoisotopic (exact) mass is 206 g/mol. The maximum absolute atomic E-state index is 13.1. The van der Waals surface area contributed by atoms with Crippen LogP contribution in [-0.2, 0) is 5.41 Å². The SMILES string of the molecule is CC(C)(c1ccccc1F)C(F)(F)F. The lowest BCUT2D eigenvalue weighted by Crippen LogP contribution is -2.37. The van der Waals surface area contributed by atoms with Crippen molar-refractivity contribution in [3.8, 4) is 0 Å². The summed E-state index contributed by atoms with van der Waals surface area (Å²) in [6, 6.07) is 4.95. The normalized spacial score (nSPS) is 13.0. The summed E-state index contributed by atoms with van der Waals surface area (Å²) in [4.78, 5) is 0. The van der Waals surface area contributed by atoms with Crippen molar-refractivity contribution in [1.29, 1.82) is 0 Å². The van der Waals surface area contributed by atoms with Crippen molar-refractivity contribution in [3.63, 3.8) is 0 Å². The Bertz CT molecular complexity index is 325. The Morgan fingerprint density at radius 1 is 1.00 bits per heavy atom. The van der Waals surface area contributed by atoms with Crippen molar-refractivity contribution in [2.75, 3.05) is 0 Å². The lowest BCUT2D eigenvalue weighted by Gasteiger charge is -2.28. The van der Waals surface area contributed by atoms with Gasteiger partial charge in [-0.2, -0.15) is 13.2 Å². The quantitative estimate of drug-likeness (QED) is 0.615. The van der Waals surface area contributed by atoms with Crippen LogP contribution in [0.3, 0.4) is 0 Å². The van der Waals surface area contributed by atoms with E-state index in [1.807, 2.05) is 0 Å². The third-order valence-electron chi connectivity index (χ3n) is 2.26. The fraction of sp³-hybridized carbons (Fsp3) is 0.400. The topological polar surface area (TPSA) is 0 Å². The van der Waals surface area contributed by atoms with Crippen LogP contribution >= 0.6 is 0 Å². The molecule has 0 aromatic heterocycles. The molecule has 0 fully saturated rings. The van der Waals surface area contributed by atoms with Crippen LogP contribution in [0, 0.1) is 5.82 Å². The second kappa shape index (κ2) is 3.26. The molecule has 14 heavy (non-hydrogen) atoms. The maximum atomic E-state index is 13.1. The van der Waals surface area contributed by atoms with Crippen LogP contribution in [-0.4, -0.2) is 6.18 Å². The first-order valence-electron chi connectivity index (χ1n) is 4.08. The van der Waals surface area contributed by atoms with Gasteiger partial charge in [-0.15, -0.1) is 0 Å². The number of alkyl halides is 3. The molecular formula is C10H10F4. The maximum Gasteiger partial charge on any atom is 0.398 e. The van der Waals surface area contributed by atoms with Crippen LogP contribution in [0.1, 0.15) is 19.4 Å². The minimum atomic E-state index is -4.45. The van der Waals surface area contributed by atoms with Crippen LogP contribution in [0.15, 0.2) is 24.3 Å². The van der Waals surface area contributed by atoms with E-state index >= 15 is 0 Å².